The molecule has 0 spiro atoms. The fraction of sp³-hybridized carbons (Fsp3) is 0.150. The van der Waals surface area contributed by atoms with Gasteiger partial charge in [-0.05, 0) is 24.3 Å². The van der Waals surface area contributed by atoms with Crippen molar-refractivity contribution in [2.45, 2.75) is 22.2 Å². The third-order valence-electron chi connectivity index (χ3n) is 4.62. The van der Waals surface area contributed by atoms with Gasteiger partial charge in [0.25, 0.3) is 0 Å². The highest BCUT2D eigenvalue weighted by Gasteiger charge is 2.43. The van der Waals surface area contributed by atoms with E-state index in [2.05, 4.69) is 15.0 Å². The zero-order valence-corrected chi connectivity index (χ0v) is 18.9. The number of aromatic nitrogens is 3. The van der Waals surface area contributed by atoms with Crippen molar-refractivity contribution in [3.63, 3.8) is 0 Å². The summed E-state index contributed by atoms with van der Waals surface area (Å²) in [6, 6.07) is 8.87. The molecule has 34 heavy (non-hydrogen) atoms. The van der Waals surface area contributed by atoms with Gasteiger partial charge in [0.2, 0.25) is 11.8 Å². The zero-order valence-electron chi connectivity index (χ0n) is 17.2. The second-order valence-electron chi connectivity index (χ2n) is 6.84. The quantitative estimate of drug-likeness (QED) is 0.389. The van der Waals surface area contributed by atoms with Crippen LogP contribution in [-0.4, -0.2) is 38.8 Å². The number of ether oxygens (including phenoxy) is 1. The highest BCUT2D eigenvalue weighted by atomic mass is 32.2. The summed E-state index contributed by atoms with van der Waals surface area (Å²) < 4.78 is 94.7. The van der Waals surface area contributed by atoms with Gasteiger partial charge in [0.15, 0.2) is 25.1 Å². The number of sulfone groups is 1. The van der Waals surface area contributed by atoms with Crippen molar-refractivity contribution in [1.82, 2.24) is 15.0 Å². The van der Waals surface area contributed by atoms with E-state index in [0.717, 1.165) is 18.2 Å². The molecular formula is C20H15F3N4O5S2. The van der Waals surface area contributed by atoms with Gasteiger partial charge in [-0.25, -0.2) is 32.4 Å². The van der Waals surface area contributed by atoms with Crippen molar-refractivity contribution >= 4 is 30.7 Å². The lowest BCUT2D eigenvalue weighted by molar-refractivity contribution is -0.0406. The smallest absolute Gasteiger partial charge is 0.437 e. The van der Waals surface area contributed by atoms with Crippen LogP contribution >= 0.6 is 0 Å². The minimum Gasteiger partial charge on any atom is -0.437 e. The summed E-state index contributed by atoms with van der Waals surface area (Å²) in [4.78, 5) is 11.1. The SMILES string of the molecule is CCS(=O)(=O)c1cc(Oc2ccccn2)cnc1-c1nc2cc(S(=N)(=O)C(F)(F)F)ccc2o1. The van der Waals surface area contributed by atoms with Gasteiger partial charge in [-0.2, -0.15) is 13.2 Å². The number of nitrogens with one attached hydrogen (secondary N) is 1. The van der Waals surface area contributed by atoms with E-state index in [1.807, 2.05) is 0 Å². The molecule has 3 heterocycles. The lowest BCUT2D eigenvalue weighted by Gasteiger charge is -2.10. The number of benzene rings is 1. The van der Waals surface area contributed by atoms with Gasteiger partial charge in [-0.3, -0.25) is 0 Å². The highest BCUT2D eigenvalue weighted by Crippen LogP contribution is 2.35. The van der Waals surface area contributed by atoms with E-state index in [-0.39, 0.29) is 45.0 Å². The Balaban J connectivity index is 1.82. The van der Waals surface area contributed by atoms with Crippen molar-refractivity contribution in [2.24, 2.45) is 0 Å². The van der Waals surface area contributed by atoms with Gasteiger partial charge in [0.1, 0.15) is 21.9 Å². The van der Waals surface area contributed by atoms with Crippen molar-refractivity contribution in [1.29, 1.82) is 4.78 Å². The minimum absolute atomic E-state index is 0.00779. The molecular weight excluding hydrogens is 497 g/mol. The Morgan fingerprint density at radius 1 is 1.09 bits per heavy atom. The van der Waals surface area contributed by atoms with E-state index in [9.17, 15) is 25.8 Å². The van der Waals surface area contributed by atoms with Crippen LogP contribution < -0.4 is 4.74 Å². The van der Waals surface area contributed by atoms with Gasteiger partial charge >= 0.3 is 5.51 Å². The summed E-state index contributed by atoms with van der Waals surface area (Å²) in [6.45, 7) is 1.42. The molecule has 9 nitrogen and oxygen atoms in total. The zero-order chi connectivity index (χ0) is 24.7. The van der Waals surface area contributed by atoms with E-state index in [1.165, 1.54) is 25.4 Å². The van der Waals surface area contributed by atoms with Gasteiger partial charge < -0.3 is 9.15 Å². The lowest BCUT2D eigenvalue weighted by atomic mass is 10.3. The molecule has 1 atom stereocenters. The standard InChI is InChI=1S/C20H15F3N4O5S2/c1-2-33(28,29)16-9-12(31-17-5-3-4-8-25-17)11-26-18(16)19-27-14-10-13(6-7-15(14)32-19)34(24,30)20(21,22)23/h3-11,24H,2H2,1H3. The second-order valence-corrected chi connectivity index (χ2v) is 11.1. The molecule has 0 aliphatic carbocycles. The average molecular weight is 512 g/mol. The monoisotopic (exact) mass is 512 g/mol. The molecule has 0 radical (unpaired) electrons. The maximum atomic E-state index is 13.0. The van der Waals surface area contributed by atoms with Crippen LogP contribution in [0.2, 0.25) is 0 Å². The second kappa shape index (κ2) is 8.36. The van der Waals surface area contributed by atoms with Crippen molar-refractivity contribution in [3.8, 4) is 23.2 Å². The lowest BCUT2D eigenvalue weighted by Crippen LogP contribution is -2.21. The molecule has 178 valence electrons. The third kappa shape index (κ3) is 4.33. The molecule has 0 aliphatic heterocycles. The molecule has 1 aromatic carbocycles. The van der Waals surface area contributed by atoms with Crippen molar-refractivity contribution < 1.29 is 35.0 Å². The first-order valence-corrected chi connectivity index (χ1v) is 12.7. The van der Waals surface area contributed by atoms with Crippen molar-refractivity contribution in [2.75, 3.05) is 5.75 Å². The summed E-state index contributed by atoms with van der Waals surface area (Å²) in [5.74, 6) is -0.292. The Morgan fingerprint density at radius 3 is 2.50 bits per heavy atom. The van der Waals surface area contributed by atoms with Gasteiger partial charge in [-0.1, -0.05) is 13.0 Å². The highest BCUT2D eigenvalue weighted by molar-refractivity contribution is 7.93. The molecule has 0 fully saturated rings. The molecule has 1 unspecified atom stereocenters. The number of halogens is 3. The summed E-state index contributed by atoms with van der Waals surface area (Å²) >= 11 is 0. The Labute approximate surface area is 191 Å². The van der Waals surface area contributed by atoms with Gasteiger partial charge in [0, 0.05) is 18.3 Å². The number of hydrogen-bond donors (Lipinski definition) is 1. The maximum absolute atomic E-state index is 13.0. The molecule has 14 heteroatoms. The molecule has 0 aliphatic rings. The molecule has 3 aromatic heterocycles. The van der Waals surface area contributed by atoms with E-state index < -0.39 is 30.0 Å². The fourth-order valence-electron chi connectivity index (χ4n) is 2.88. The number of pyridine rings is 2. The topological polar surface area (TPSA) is 136 Å². The number of fused-ring (bicyclic) bond motifs is 1. The van der Waals surface area contributed by atoms with Crippen LogP contribution in [-0.2, 0) is 19.6 Å². The van der Waals surface area contributed by atoms with E-state index in [0.29, 0.717) is 0 Å². The Bertz CT molecular complexity index is 1590. The number of nitrogens with zero attached hydrogens (tertiary/aromatic N) is 3. The largest absolute Gasteiger partial charge is 0.483 e. The number of rotatable bonds is 6. The number of alkyl halides is 3. The van der Waals surface area contributed by atoms with Crippen molar-refractivity contribution in [3.05, 3.63) is 54.9 Å². The Morgan fingerprint density at radius 2 is 1.85 bits per heavy atom. The van der Waals surface area contributed by atoms with Crippen LogP contribution in [0.3, 0.4) is 0 Å². The maximum Gasteiger partial charge on any atom is 0.483 e. The Kier molecular flexibility index (Phi) is 5.81. The first kappa shape index (κ1) is 23.6. The average Bonchev–Trinajstić information content (AvgIpc) is 3.22. The number of hydrogen-bond acceptors (Lipinski definition) is 9. The van der Waals surface area contributed by atoms with Crippen LogP contribution in [0.25, 0.3) is 22.7 Å². The summed E-state index contributed by atoms with van der Waals surface area (Å²) in [6.07, 6.45) is 2.71. The molecule has 0 saturated carbocycles. The Hall–Kier alpha value is -3.52. The van der Waals surface area contributed by atoms with Crippen LogP contribution in [0, 0.1) is 4.78 Å². The molecule has 4 rings (SSSR count). The first-order valence-electron chi connectivity index (χ1n) is 9.50. The van der Waals surface area contributed by atoms with Crippen LogP contribution in [0.15, 0.2) is 69.1 Å². The molecule has 1 N–H and O–H groups in total. The summed E-state index contributed by atoms with van der Waals surface area (Å²) in [5.41, 5.74) is -5.62. The third-order valence-corrected chi connectivity index (χ3v) is 7.93. The predicted molar refractivity (Wildman–Crippen MR) is 114 cm³/mol. The van der Waals surface area contributed by atoms with E-state index in [1.54, 1.807) is 18.2 Å². The predicted octanol–water partition coefficient (Wildman–Crippen LogP) is 4.80. The molecule has 0 saturated heterocycles. The molecule has 0 amide bonds. The van der Waals surface area contributed by atoms with E-state index >= 15 is 0 Å². The fourth-order valence-corrected chi connectivity index (χ4v) is 4.73. The van der Waals surface area contributed by atoms with Gasteiger partial charge in [-0.15, -0.1) is 0 Å². The van der Waals surface area contributed by atoms with Crippen LogP contribution in [0.1, 0.15) is 6.92 Å². The number of oxazole rings is 1. The summed E-state index contributed by atoms with van der Waals surface area (Å²) in [5, 5.41) is 0. The first-order chi connectivity index (χ1) is 15.9. The van der Waals surface area contributed by atoms with Crippen LogP contribution in [0.4, 0.5) is 13.2 Å². The molecule has 0 bridgehead atoms. The van der Waals surface area contributed by atoms with Gasteiger partial charge in [0.05, 0.1) is 16.8 Å². The van der Waals surface area contributed by atoms with E-state index in [4.69, 9.17) is 13.9 Å². The summed E-state index contributed by atoms with van der Waals surface area (Å²) in [7, 11) is -8.98. The molecule has 4 aromatic rings. The van der Waals surface area contributed by atoms with Crippen LogP contribution in [0.5, 0.6) is 11.6 Å². The normalized spacial score (nSPS) is 14.1. The minimum atomic E-state index is -5.28.